The maximum atomic E-state index is 13.3. The second kappa shape index (κ2) is 18.1. The Morgan fingerprint density at radius 2 is 1.26 bits per heavy atom. The van der Waals surface area contributed by atoms with E-state index in [1.54, 1.807) is 31.4 Å². The van der Waals surface area contributed by atoms with Crippen molar-refractivity contribution < 1.29 is 18.4 Å². The van der Waals surface area contributed by atoms with Crippen molar-refractivity contribution >= 4 is 5.91 Å². The van der Waals surface area contributed by atoms with Crippen LogP contribution in [0.25, 0.3) is 0 Å². The monoisotopic (exact) mass is 478 g/mol. The molecule has 34 heavy (non-hydrogen) atoms. The average molecular weight is 479 g/mol. The Morgan fingerprint density at radius 3 is 1.68 bits per heavy atom. The number of hydroxylamine groups is 2. The van der Waals surface area contributed by atoms with Crippen LogP contribution in [0.4, 0.5) is 8.78 Å². The summed E-state index contributed by atoms with van der Waals surface area (Å²) >= 11 is 0. The summed E-state index contributed by atoms with van der Waals surface area (Å²) in [5, 5.41) is 1.86. The minimum absolute atomic E-state index is 0. The molecule has 1 saturated heterocycles. The van der Waals surface area contributed by atoms with Crippen molar-refractivity contribution in [3.05, 3.63) is 71.3 Å². The Labute approximate surface area is 205 Å². The van der Waals surface area contributed by atoms with Gasteiger partial charge in [0.25, 0.3) is 0 Å². The van der Waals surface area contributed by atoms with Crippen molar-refractivity contribution in [2.24, 2.45) is 0 Å². The standard InChI is InChI=1S/C23H28F2N2O2.2C2H6.CH4/c1-29-27-16-14-26(15-17-27)23(28)5-3-2-4-22(18-6-10-20(24)11-7-18)19-8-12-21(25)13-9-19;2*1-2;/h6-13,22H,2-5,14-17H2,1H3;2*1-2H3;1H4. The summed E-state index contributed by atoms with van der Waals surface area (Å²) < 4.78 is 26.6. The number of nitrogens with zero attached hydrogens (tertiary/aromatic N) is 2. The van der Waals surface area contributed by atoms with Gasteiger partial charge in [0.05, 0.1) is 7.11 Å². The molecule has 3 rings (SSSR count). The average Bonchev–Trinajstić information content (AvgIpc) is 2.88. The van der Waals surface area contributed by atoms with Crippen molar-refractivity contribution in [2.75, 3.05) is 33.3 Å². The van der Waals surface area contributed by atoms with Gasteiger partial charge in [-0.15, -0.1) is 0 Å². The van der Waals surface area contributed by atoms with Crippen LogP contribution >= 0.6 is 0 Å². The molecule has 1 aliphatic heterocycles. The van der Waals surface area contributed by atoms with Crippen molar-refractivity contribution in [1.29, 1.82) is 0 Å². The first-order chi connectivity index (χ1) is 16.1. The molecule has 0 saturated carbocycles. The van der Waals surface area contributed by atoms with Gasteiger partial charge in [0.15, 0.2) is 0 Å². The number of halogens is 2. The zero-order chi connectivity index (χ0) is 24.6. The molecule has 0 aliphatic carbocycles. The van der Waals surface area contributed by atoms with E-state index in [9.17, 15) is 13.6 Å². The predicted molar refractivity (Wildman–Crippen MR) is 138 cm³/mol. The summed E-state index contributed by atoms with van der Waals surface area (Å²) in [6.07, 6.45) is 3.00. The summed E-state index contributed by atoms with van der Waals surface area (Å²) in [5.74, 6) is -0.311. The van der Waals surface area contributed by atoms with E-state index in [0.29, 0.717) is 19.5 Å². The molecule has 2 aromatic carbocycles. The van der Waals surface area contributed by atoms with Gasteiger partial charge in [-0.3, -0.25) is 4.79 Å². The Kier molecular flexibility index (Phi) is 16.8. The third-order valence-electron chi connectivity index (χ3n) is 5.53. The number of rotatable bonds is 8. The van der Waals surface area contributed by atoms with Gasteiger partial charge in [-0.2, -0.15) is 5.06 Å². The first kappa shape index (κ1) is 31.7. The number of hydrogen-bond acceptors (Lipinski definition) is 3. The highest BCUT2D eigenvalue weighted by molar-refractivity contribution is 5.76. The van der Waals surface area contributed by atoms with Crippen LogP contribution in [0.1, 0.15) is 77.8 Å². The molecule has 0 aromatic heterocycles. The fourth-order valence-electron chi connectivity index (χ4n) is 3.82. The highest BCUT2D eigenvalue weighted by Gasteiger charge is 2.21. The molecule has 1 aliphatic rings. The quantitative estimate of drug-likeness (QED) is 0.381. The van der Waals surface area contributed by atoms with Gasteiger partial charge >= 0.3 is 0 Å². The van der Waals surface area contributed by atoms with Crippen molar-refractivity contribution in [3.63, 3.8) is 0 Å². The molecular formula is C28H44F2N2O2. The number of benzene rings is 2. The Bertz CT molecular complexity index is 728. The Balaban J connectivity index is 0.00000207. The van der Waals surface area contributed by atoms with Gasteiger partial charge in [0.2, 0.25) is 5.91 Å². The fourth-order valence-corrected chi connectivity index (χ4v) is 3.82. The summed E-state index contributed by atoms with van der Waals surface area (Å²) in [6.45, 7) is 10.9. The van der Waals surface area contributed by atoms with E-state index in [1.165, 1.54) is 24.3 Å². The number of unbranched alkanes of at least 4 members (excludes halogenated alkanes) is 1. The topological polar surface area (TPSA) is 32.8 Å². The highest BCUT2D eigenvalue weighted by atomic mass is 19.1. The summed E-state index contributed by atoms with van der Waals surface area (Å²) in [5.41, 5.74) is 2.00. The number of piperazine rings is 1. The molecule has 1 fully saturated rings. The van der Waals surface area contributed by atoms with E-state index in [2.05, 4.69) is 0 Å². The van der Waals surface area contributed by atoms with Crippen molar-refractivity contribution in [1.82, 2.24) is 9.96 Å². The van der Waals surface area contributed by atoms with Gasteiger partial charge in [-0.1, -0.05) is 65.8 Å². The number of amides is 1. The van der Waals surface area contributed by atoms with Gasteiger partial charge in [0, 0.05) is 38.5 Å². The maximum absolute atomic E-state index is 13.3. The van der Waals surface area contributed by atoms with Crippen molar-refractivity contribution in [3.8, 4) is 0 Å². The minimum Gasteiger partial charge on any atom is -0.340 e. The largest absolute Gasteiger partial charge is 0.340 e. The summed E-state index contributed by atoms with van der Waals surface area (Å²) in [4.78, 5) is 19.5. The van der Waals surface area contributed by atoms with Crippen LogP contribution in [0.5, 0.6) is 0 Å². The molecular weight excluding hydrogens is 434 g/mol. The Morgan fingerprint density at radius 1 is 0.824 bits per heavy atom. The van der Waals surface area contributed by atoms with Crippen LogP contribution in [0.15, 0.2) is 48.5 Å². The van der Waals surface area contributed by atoms with Crippen LogP contribution in [-0.4, -0.2) is 49.2 Å². The van der Waals surface area contributed by atoms with Crippen LogP contribution in [0.3, 0.4) is 0 Å². The zero-order valence-corrected chi connectivity index (χ0v) is 20.8. The van der Waals surface area contributed by atoms with Crippen LogP contribution in [-0.2, 0) is 9.63 Å². The molecule has 192 valence electrons. The van der Waals surface area contributed by atoms with E-state index in [-0.39, 0.29) is 30.9 Å². The molecule has 0 radical (unpaired) electrons. The SMILES string of the molecule is C.CC.CC.CON1CCN(C(=O)CCCCC(c2ccc(F)cc2)c2ccc(F)cc2)CC1. The molecule has 2 aromatic rings. The second-order valence-corrected chi connectivity index (χ2v) is 7.39. The summed E-state index contributed by atoms with van der Waals surface area (Å²) in [6, 6.07) is 12.9. The van der Waals surface area contributed by atoms with Gasteiger partial charge < -0.3 is 9.74 Å². The Hall–Kier alpha value is -2.31. The lowest BCUT2D eigenvalue weighted by atomic mass is 9.87. The number of hydrogen-bond donors (Lipinski definition) is 0. The molecule has 4 nitrogen and oxygen atoms in total. The van der Waals surface area contributed by atoms with Gasteiger partial charge in [-0.05, 0) is 48.2 Å². The molecule has 0 atom stereocenters. The third-order valence-corrected chi connectivity index (χ3v) is 5.53. The van der Waals surface area contributed by atoms with E-state index >= 15 is 0 Å². The first-order valence-electron chi connectivity index (χ1n) is 12.1. The first-order valence-corrected chi connectivity index (χ1v) is 12.1. The molecule has 0 bridgehead atoms. The third kappa shape index (κ3) is 10.3. The lowest BCUT2D eigenvalue weighted by molar-refractivity contribution is -0.161. The van der Waals surface area contributed by atoms with Gasteiger partial charge in [0.1, 0.15) is 11.6 Å². The molecule has 1 heterocycles. The normalized spacial score (nSPS) is 13.2. The van der Waals surface area contributed by atoms with Crippen LogP contribution < -0.4 is 0 Å². The van der Waals surface area contributed by atoms with E-state index in [1.807, 2.05) is 37.7 Å². The lowest BCUT2D eigenvalue weighted by Crippen LogP contribution is -2.48. The van der Waals surface area contributed by atoms with Crippen LogP contribution in [0.2, 0.25) is 0 Å². The molecule has 6 heteroatoms. The van der Waals surface area contributed by atoms with E-state index < -0.39 is 0 Å². The summed E-state index contributed by atoms with van der Waals surface area (Å²) in [7, 11) is 1.65. The van der Waals surface area contributed by atoms with E-state index in [0.717, 1.165) is 43.5 Å². The molecule has 1 amide bonds. The molecule has 0 N–H and O–H groups in total. The lowest BCUT2D eigenvalue weighted by Gasteiger charge is -2.33. The van der Waals surface area contributed by atoms with Gasteiger partial charge in [-0.25, -0.2) is 8.78 Å². The molecule has 0 spiro atoms. The van der Waals surface area contributed by atoms with Crippen molar-refractivity contribution in [2.45, 2.75) is 66.7 Å². The smallest absolute Gasteiger partial charge is 0.222 e. The zero-order valence-electron chi connectivity index (χ0n) is 20.8. The van der Waals surface area contributed by atoms with Crippen LogP contribution in [0, 0.1) is 11.6 Å². The fraction of sp³-hybridized carbons (Fsp3) is 0.536. The second-order valence-electron chi connectivity index (χ2n) is 7.39. The maximum Gasteiger partial charge on any atom is 0.222 e. The highest BCUT2D eigenvalue weighted by Crippen LogP contribution is 2.30. The molecule has 0 unspecified atom stereocenters. The minimum atomic E-state index is -0.272. The number of carbonyl (C=O) groups is 1. The number of carbonyl (C=O) groups excluding carboxylic acids is 1. The predicted octanol–water partition coefficient (Wildman–Crippen LogP) is 7.05. The van der Waals surface area contributed by atoms with E-state index in [4.69, 9.17) is 4.84 Å².